The first-order chi connectivity index (χ1) is 12.8. The normalized spacial score (nSPS) is 14.8. The molecule has 144 valence electrons. The zero-order chi connectivity index (χ0) is 19.6. The molecule has 1 aromatic heterocycles. The highest BCUT2D eigenvalue weighted by atomic mass is 32.1. The van der Waals surface area contributed by atoms with Gasteiger partial charge >= 0.3 is 12.6 Å². The molecule has 1 fully saturated rings. The molecular weight excluding hydrogens is 376 g/mol. The van der Waals surface area contributed by atoms with Gasteiger partial charge in [-0.1, -0.05) is 6.92 Å². The first-order valence-electron chi connectivity index (χ1n) is 8.54. The lowest BCUT2D eigenvalue weighted by molar-refractivity contribution is -0.141. The molecule has 1 aromatic carbocycles. The summed E-state index contributed by atoms with van der Waals surface area (Å²) in [4.78, 5) is 27.0. The molecule has 1 aliphatic rings. The Labute approximate surface area is 159 Å². The minimum absolute atomic E-state index is 0.0733. The monoisotopic (exact) mass is 395 g/mol. The third-order valence-electron chi connectivity index (χ3n) is 4.32. The lowest BCUT2D eigenvalue weighted by atomic mass is 10.1. The van der Waals surface area contributed by atoms with Crippen LogP contribution in [0.15, 0.2) is 36.4 Å². The van der Waals surface area contributed by atoms with Crippen LogP contribution in [-0.2, 0) is 4.79 Å². The van der Waals surface area contributed by atoms with E-state index >= 15 is 0 Å². The SMILES string of the molecule is CC(CN(C(=O)c1ccc(-c2ccc(OC(F)F)cc2)s1)C1CC1)C(=O)O. The second-order valence-electron chi connectivity index (χ2n) is 6.49. The molecule has 1 amide bonds. The van der Waals surface area contributed by atoms with E-state index in [9.17, 15) is 18.4 Å². The van der Waals surface area contributed by atoms with Crippen LogP contribution < -0.4 is 4.74 Å². The molecule has 0 aliphatic heterocycles. The smallest absolute Gasteiger partial charge is 0.387 e. The maximum absolute atomic E-state index is 12.8. The molecule has 5 nitrogen and oxygen atoms in total. The van der Waals surface area contributed by atoms with Gasteiger partial charge in [0.1, 0.15) is 5.75 Å². The van der Waals surface area contributed by atoms with Crippen LogP contribution in [0.1, 0.15) is 29.4 Å². The molecular formula is C19H19F2NO4S. The Hall–Kier alpha value is -2.48. The molecule has 1 heterocycles. The highest BCUT2D eigenvalue weighted by Gasteiger charge is 2.35. The number of carbonyl (C=O) groups excluding carboxylic acids is 1. The number of benzene rings is 1. The number of nitrogens with zero attached hydrogens (tertiary/aromatic N) is 1. The van der Waals surface area contributed by atoms with E-state index in [-0.39, 0.29) is 24.2 Å². The summed E-state index contributed by atoms with van der Waals surface area (Å²) in [5, 5.41) is 9.12. The largest absolute Gasteiger partial charge is 0.481 e. The van der Waals surface area contributed by atoms with E-state index < -0.39 is 18.5 Å². The Morgan fingerprint density at radius 1 is 1.22 bits per heavy atom. The van der Waals surface area contributed by atoms with Crippen molar-refractivity contribution in [3.63, 3.8) is 0 Å². The average molecular weight is 395 g/mol. The molecule has 0 radical (unpaired) electrons. The molecule has 1 saturated carbocycles. The van der Waals surface area contributed by atoms with E-state index in [2.05, 4.69) is 4.74 Å². The average Bonchev–Trinajstić information content (AvgIpc) is 3.34. The topological polar surface area (TPSA) is 66.8 Å². The maximum atomic E-state index is 12.8. The number of carbonyl (C=O) groups is 2. The molecule has 8 heteroatoms. The van der Waals surface area contributed by atoms with Gasteiger partial charge in [-0.2, -0.15) is 8.78 Å². The Morgan fingerprint density at radius 3 is 2.44 bits per heavy atom. The van der Waals surface area contributed by atoms with Crippen LogP contribution >= 0.6 is 11.3 Å². The second kappa shape index (κ2) is 8.04. The van der Waals surface area contributed by atoms with Gasteiger partial charge in [-0.3, -0.25) is 9.59 Å². The number of aliphatic carboxylic acids is 1. The van der Waals surface area contributed by atoms with Crippen molar-refractivity contribution in [3.05, 3.63) is 41.3 Å². The number of halogens is 2. The van der Waals surface area contributed by atoms with E-state index in [0.717, 1.165) is 23.3 Å². The number of ether oxygens (including phenoxy) is 1. The van der Waals surface area contributed by atoms with Gasteiger partial charge in [-0.25, -0.2) is 0 Å². The fourth-order valence-corrected chi connectivity index (χ4v) is 3.67. The quantitative estimate of drug-likeness (QED) is 0.722. The van der Waals surface area contributed by atoms with Crippen molar-refractivity contribution in [2.24, 2.45) is 5.92 Å². The maximum Gasteiger partial charge on any atom is 0.387 e. The van der Waals surface area contributed by atoms with E-state index in [0.29, 0.717) is 4.88 Å². The van der Waals surface area contributed by atoms with Gasteiger partial charge < -0.3 is 14.7 Å². The summed E-state index contributed by atoms with van der Waals surface area (Å²) in [6.45, 7) is -1.09. The van der Waals surface area contributed by atoms with E-state index in [1.807, 2.05) is 0 Å². The number of hydrogen-bond acceptors (Lipinski definition) is 4. The minimum atomic E-state index is -2.87. The Balaban J connectivity index is 1.73. The Kier molecular flexibility index (Phi) is 5.74. The number of carboxylic acid groups (broad SMARTS) is 1. The summed E-state index contributed by atoms with van der Waals surface area (Å²) in [5.74, 6) is -1.65. The van der Waals surface area contributed by atoms with Crippen LogP contribution in [0.2, 0.25) is 0 Å². The molecule has 1 unspecified atom stereocenters. The number of hydrogen-bond donors (Lipinski definition) is 1. The number of thiophene rings is 1. The molecule has 0 saturated heterocycles. The van der Waals surface area contributed by atoms with Crippen LogP contribution in [0.4, 0.5) is 8.78 Å². The fourth-order valence-electron chi connectivity index (χ4n) is 2.71. The summed E-state index contributed by atoms with van der Waals surface area (Å²) >= 11 is 1.30. The number of alkyl halides is 2. The van der Waals surface area contributed by atoms with Crippen molar-refractivity contribution >= 4 is 23.2 Å². The molecule has 1 atom stereocenters. The van der Waals surface area contributed by atoms with Crippen LogP contribution in [0.5, 0.6) is 5.75 Å². The molecule has 2 aromatic rings. The lowest BCUT2D eigenvalue weighted by Crippen LogP contribution is -2.38. The number of amides is 1. The van der Waals surface area contributed by atoms with Gasteiger partial charge in [0.25, 0.3) is 5.91 Å². The van der Waals surface area contributed by atoms with E-state index in [1.165, 1.54) is 23.5 Å². The van der Waals surface area contributed by atoms with Crippen molar-refractivity contribution in [1.29, 1.82) is 0 Å². The zero-order valence-corrected chi connectivity index (χ0v) is 15.4. The molecule has 27 heavy (non-hydrogen) atoms. The van der Waals surface area contributed by atoms with Crippen molar-refractivity contribution < 1.29 is 28.2 Å². The molecule has 1 N–H and O–H groups in total. The third kappa shape index (κ3) is 4.82. The molecule has 0 bridgehead atoms. The molecule has 3 rings (SSSR count). The summed E-state index contributed by atoms with van der Waals surface area (Å²) in [6.07, 6.45) is 1.78. The standard InChI is InChI=1S/C19H19F2NO4S/c1-11(18(24)25)10-22(13-4-5-13)17(23)16-9-8-15(27-16)12-2-6-14(7-3-12)26-19(20)21/h2-3,6-9,11,13,19H,4-5,10H2,1H3,(H,24,25). The van der Waals surface area contributed by atoms with Gasteiger partial charge in [0.15, 0.2) is 0 Å². The summed E-state index contributed by atoms with van der Waals surface area (Å²) in [6, 6.07) is 9.84. The van der Waals surface area contributed by atoms with Crippen molar-refractivity contribution in [3.8, 4) is 16.2 Å². The van der Waals surface area contributed by atoms with E-state index in [1.54, 1.807) is 36.1 Å². The highest BCUT2D eigenvalue weighted by Crippen LogP contribution is 2.34. The van der Waals surface area contributed by atoms with Gasteiger partial charge in [0, 0.05) is 17.5 Å². The van der Waals surface area contributed by atoms with Gasteiger partial charge in [-0.15, -0.1) is 11.3 Å². The fraction of sp³-hybridized carbons (Fsp3) is 0.368. The van der Waals surface area contributed by atoms with Crippen molar-refractivity contribution in [2.45, 2.75) is 32.4 Å². The van der Waals surface area contributed by atoms with Crippen molar-refractivity contribution in [1.82, 2.24) is 4.90 Å². The van der Waals surface area contributed by atoms with Crippen LogP contribution in [0.25, 0.3) is 10.4 Å². The lowest BCUT2D eigenvalue weighted by Gasteiger charge is -2.23. The summed E-state index contributed by atoms with van der Waals surface area (Å²) in [5.41, 5.74) is 0.789. The number of carboxylic acids is 1. The predicted octanol–water partition coefficient (Wildman–Crippen LogP) is 4.34. The van der Waals surface area contributed by atoms with E-state index in [4.69, 9.17) is 5.11 Å². The number of rotatable bonds is 8. The minimum Gasteiger partial charge on any atom is -0.481 e. The first kappa shape index (κ1) is 19.3. The van der Waals surface area contributed by atoms with Crippen molar-refractivity contribution in [2.75, 3.05) is 6.54 Å². The Morgan fingerprint density at radius 2 is 1.89 bits per heavy atom. The predicted molar refractivity (Wildman–Crippen MR) is 97.2 cm³/mol. The van der Waals surface area contributed by atoms with Gasteiger partial charge in [0.2, 0.25) is 0 Å². The molecule has 0 spiro atoms. The zero-order valence-electron chi connectivity index (χ0n) is 14.6. The van der Waals surface area contributed by atoms with Crippen LogP contribution in [-0.4, -0.2) is 41.1 Å². The summed E-state index contributed by atoms with van der Waals surface area (Å²) in [7, 11) is 0. The highest BCUT2D eigenvalue weighted by molar-refractivity contribution is 7.17. The van der Waals surface area contributed by atoms with Gasteiger partial charge in [-0.05, 0) is 54.8 Å². The third-order valence-corrected chi connectivity index (χ3v) is 5.44. The second-order valence-corrected chi connectivity index (χ2v) is 7.58. The summed E-state index contributed by atoms with van der Waals surface area (Å²) < 4.78 is 28.8. The molecule has 1 aliphatic carbocycles. The first-order valence-corrected chi connectivity index (χ1v) is 9.35. The Bertz CT molecular complexity index is 817. The van der Waals surface area contributed by atoms with Crippen LogP contribution in [0, 0.1) is 5.92 Å². The van der Waals surface area contributed by atoms with Gasteiger partial charge in [0.05, 0.1) is 10.8 Å². The van der Waals surface area contributed by atoms with Crippen LogP contribution in [0.3, 0.4) is 0 Å².